The average Bonchev–Trinajstić information content (AvgIpc) is 3.28. The predicted octanol–water partition coefficient (Wildman–Crippen LogP) is 3.35. The number of aryl methyl sites for hydroxylation is 2. The van der Waals surface area contributed by atoms with Crippen molar-refractivity contribution >= 4 is 50.3 Å². The zero-order valence-corrected chi connectivity index (χ0v) is 20.1. The summed E-state index contributed by atoms with van der Waals surface area (Å²) in [5.41, 5.74) is 2.59. The monoisotopic (exact) mass is 516 g/mol. The molecule has 0 saturated carbocycles. The molecule has 0 saturated heterocycles. The minimum atomic E-state index is -0.201. The number of rotatable bonds is 6. The fraction of sp³-hybridized carbons (Fsp3) is 0.238. The molecule has 32 heavy (non-hydrogen) atoms. The second-order valence-electron chi connectivity index (χ2n) is 7.15. The highest BCUT2D eigenvalue weighted by Crippen LogP contribution is 2.32. The number of phenolic OH excluding ortho intramolecular Hbond substituents is 1. The molecular formula is C21H21BrN6O3S. The van der Waals surface area contributed by atoms with Crippen molar-refractivity contribution in [2.45, 2.75) is 18.6 Å². The van der Waals surface area contributed by atoms with Crippen molar-refractivity contribution in [3.05, 3.63) is 51.4 Å². The van der Waals surface area contributed by atoms with E-state index in [0.29, 0.717) is 28.8 Å². The van der Waals surface area contributed by atoms with Gasteiger partial charge in [-0.25, -0.2) is 4.79 Å². The third-order valence-electron chi connectivity index (χ3n) is 5.12. The molecule has 0 atom stereocenters. The number of aromatic nitrogens is 5. The number of amides is 1. The Hall–Kier alpha value is -3.05. The lowest BCUT2D eigenvalue weighted by atomic mass is 10.2. The van der Waals surface area contributed by atoms with E-state index in [0.717, 1.165) is 15.5 Å². The molecule has 166 valence electrons. The lowest BCUT2D eigenvalue weighted by Crippen LogP contribution is -2.19. The molecule has 2 aromatic heterocycles. The molecular weight excluding hydrogens is 496 g/mol. The number of fused-ring (bicyclic) bond motifs is 1. The Kier molecular flexibility index (Phi) is 6.11. The van der Waals surface area contributed by atoms with Gasteiger partial charge >= 0.3 is 5.69 Å². The molecule has 2 heterocycles. The number of nitrogens with one attached hydrogen (secondary N) is 1. The number of benzene rings is 2. The molecule has 4 aromatic rings. The van der Waals surface area contributed by atoms with E-state index in [9.17, 15) is 14.7 Å². The summed E-state index contributed by atoms with van der Waals surface area (Å²) in [6.45, 7) is 2.53. The minimum absolute atomic E-state index is 0.107. The van der Waals surface area contributed by atoms with E-state index in [4.69, 9.17) is 0 Å². The highest BCUT2D eigenvalue weighted by atomic mass is 79.9. The van der Waals surface area contributed by atoms with Crippen molar-refractivity contribution in [2.24, 2.45) is 14.1 Å². The van der Waals surface area contributed by atoms with E-state index >= 15 is 0 Å². The van der Waals surface area contributed by atoms with E-state index in [1.165, 1.54) is 11.8 Å². The largest absolute Gasteiger partial charge is 0.507 e. The fourth-order valence-corrected chi connectivity index (χ4v) is 4.64. The molecule has 1 amide bonds. The number of anilines is 1. The molecule has 0 aliphatic rings. The average molecular weight is 517 g/mol. The van der Waals surface area contributed by atoms with Gasteiger partial charge in [-0.15, -0.1) is 10.2 Å². The van der Waals surface area contributed by atoms with Crippen LogP contribution in [0, 0.1) is 0 Å². The van der Waals surface area contributed by atoms with Gasteiger partial charge in [-0.05, 0) is 43.3 Å². The second-order valence-corrected chi connectivity index (χ2v) is 9.01. The number of halogens is 1. The molecule has 0 spiro atoms. The van der Waals surface area contributed by atoms with Gasteiger partial charge in [0.25, 0.3) is 0 Å². The van der Waals surface area contributed by atoms with Crippen molar-refractivity contribution in [2.75, 3.05) is 11.1 Å². The van der Waals surface area contributed by atoms with Crippen LogP contribution < -0.4 is 11.0 Å². The lowest BCUT2D eigenvalue weighted by Gasteiger charge is -2.09. The van der Waals surface area contributed by atoms with Crippen LogP contribution in [0.3, 0.4) is 0 Å². The molecule has 4 rings (SSSR count). The zero-order valence-electron chi connectivity index (χ0n) is 17.7. The Morgan fingerprint density at radius 3 is 2.62 bits per heavy atom. The van der Waals surface area contributed by atoms with Crippen LogP contribution in [0.4, 0.5) is 5.69 Å². The molecule has 9 nitrogen and oxygen atoms in total. The second kappa shape index (κ2) is 8.83. The summed E-state index contributed by atoms with van der Waals surface area (Å²) in [4.78, 5) is 24.6. The van der Waals surface area contributed by atoms with E-state index in [1.807, 2.05) is 17.6 Å². The van der Waals surface area contributed by atoms with Gasteiger partial charge in [0.1, 0.15) is 5.75 Å². The van der Waals surface area contributed by atoms with Crippen LogP contribution in [0.25, 0.3) is 22.4 Å². The van der Waals surface area contributed by atoms with Crippen LogP contribution in [0.15, 0.2) is 50.8 Å². The van der Waals surface area contributed by atoms with Gasteiger partial charge in [0.2, 0.25) is 5.91 Å². The van der Waals surface area contributed by atoms with Crippen LogP contribution in [0.1, 0.15) is 6.92 Å². The van der Waals surface area contributed by atoms with Gasteiger partial charge < -0.3 is 15.0 Å². The first-order chi connectivity index (χ1) is 15.3. The number of thioether (sulfide) groups is 1. The highest BCUT2D eigenvalue weighted by Gasteiger charge is 2.18. The number of nitrogens with zero attached hydrogens (tertiary/aromatic N) is 5. The number of imidazole rings is 1. The van der Waals surface area contributed by atoms with Crippen molar-refractivity contribution in [1.82, 2.24) is 23.9 Å². The summed E-state index contributed by atoms with van der Waals surface area (Å²) in [5.74, 6) is 0.571. The zero-order chi connectivity index (χ0) is 23.0. The number of aromatic hydroxyl groups is 1. The van der Waals surface area contributed by atoms with Crippen LogP contribution in [-0.2, 0) is 25.4 Å². The first-order valence-electron chi connectivity index (χ1n) is 9.80. The van der Waals surface area contributed by atoms with Crippen LogP contribution in [-0.4, -0.2) is 40.7 Å². The summed E-state index contributed by atoms with van der Waals surface area (Å²) < 4.78 is 5.78. The standard InChI is InChI=1S/C21H21BrN6O3S/c1-4-28-19(14-9-12(22)5-8-17(14)29)24-25-20(28)32-11-18(30)23-13-6-7-15-16(10-13)27(3)21(31)26(15)2/h5-10,29H,4,11H2,1-3H3,(H,23,30). The lowest BCUT2D eigenvalue weighted by molar-refractivity contribution is -0.113. The number of carbonyl (C=O) groups is 1. The SMILES string of the molecule is CCn1c(SCC(=O)Nc2ccc3c(c2)n(C)c(=O)n3C)nnc1-c1cc(Br)ccc1O. The normalized spacial score (nSPS) is 11.2. The van der Waals surface area contributed by atoms with Crippen LogP contribution >= 0.6 is 27.7 Å². The number of hydrogen-bond acceptors (Lipinski definition) is 6. The van der Waals surface area contributed by atoms with Crippen molar-refractivity contribution in [1.29, 1.82) is 0 Å². The summed E-state index contributed by atoms with van der Waals surface area (Å²) in [7, 11) is 3.41. The Balaban J connectivity index is 1.49. The third kappa shape index (κ3) is 4.05. The first kappa shape index (κ1) is 22.2. The van der Waals surface area contributed by atoms with E-state index in [-0.39, 0.29) is 23.1 Å². The minimum Gasteiger partial charge on any atom is -0.507 e. The van der Waals surface area contributed by atoms with Crippen molar-refractivity contribution in [3.8, 4) is 17.1 Å². The van der Waals surface area contributed by atoms with Gasteiger partial charge in [-0.1, -0.05) is 27.7 Å². The van der Waals surface area contributed by atoms with Crippen molar-refractivity contribution < 1.29 is 9.90 Å². The van der Waals surface area contributed by atoms with Gasteiger partial charge in [0, 0.05) is 30.8 Å². The molecule has 2 aromatic carbocycles. The predicted molar refractivity (Wildman–Crippen MR) is 128 cm³/mol. The van der Waals surface area contributed by atoms with Gasteiger partial charge in [0.15, 0.2) is 11.0 Å². The topological polar surface area (TPSA) is 107 Å². The molecule has 0 unspecified atom stereocenters. The molecule has 2 N–H and O–H groups in total. The number of hydrogen-bond donors (Lipinski definition) is 2. The van der Waals surface area contributed by atoms with Gasteiger partial charge in [-0.2, -0.15) is 0 Å². The maximum atomic E-state index is 12.5. The summed E-state index contributed by atoms with van der Waals surface area (Å²) >= 11 is 4.67. The third-order valence-corrected chi connectivity index (χ3v) is 6.58. The Labute approximate surface area is 196 Å². The number of phenols is 1. The molecule has 0 aliphatic heterocycles. The van der Waals surface area contributed by atoms with E-state index in [2.05, 4.69) is 31.4 Å². The maximum Gasteiger partial charge on any atom is 0.328 e. The van der Waals surface area contributed by atoms with Crippen molar-refractivity contribution in [3.63, 3.8) is 0 Å². The molecule has 11 heteroatoms. The van der Waals surface area contributed by atoms with Crippen LogP contribution in [0.2, 0.25) is 0 Å². The maximum absolute atomic E-state index is 12.5. The molecule has 0 bridgehead atoms. The van der Waals surface area contributed by atoms with Gasteiger partial charge in [-0.3, -0.25) is 13.9 Å². The number of carbonyl (C=O) groups excluding carboxylic acids is 1. The summed E-state index contributed by atoms with van der Waals surface area (Å²) in [5, 5.41) is 22.1. The molecule has 0 fully saturated rings. The highest BCUT2D eigenvalue weighted by molar-refractivity contribution is 9.10. The Morgan fingerprint density at radius 1 is 1.12 bits per heavy atom. The molecule has 0 aliphatic carbocycles. The quantitative estimate of drug-likeness (QED) is 0.380. The smallest absolute Gasteiger partial charge is 0.328 e. The van der Waals surface area contributed by atoms with E-state index < -0.39 is 0 Å². The van der Waals surface area contributed by atoms with E-state index in [1.54, 1.807) is 53.6 Å². The van der Waals surface area contributed by atoms with Crippen LogP contribution in [0.5, 0.6) is 5.75 Å². The molecule has 0 radical (unpaired) electrons. The Morgan fingerprint density at radius 2 is 1.88 bits per heavy atom. The summed E-state index contributed by atoms with van der Waals surface area (Å²) in [6, 6.07) is 10.5. The first-order valence-corrected chi connectivity index (χ1v) is 11.6. The fourth-order valence-electron chi connectivity index (χ4n) is 3.48. The summed E-state index contributed by atoms with van der Waals surface area (Å²) in [6.07, 6.45) is 0. The van der Waals surface area contributed by atoms with Gasteiger partial charge in [0.05, 0.1) is 22.3 Å². The Bertz CT molecular complexity index is 1390.